The molecule has 1 aromatic heterocycles. The molecule has 0 spiro atoms. The van der Waals surface area contributed by atoms with Crippen LogP contribution in [0.2, 0.25) is 0 Å². The number of hydrogen-bond donors (Lipinski definition) is 1. The van der Waals surface area contributed by atoms with Crippen molar-refractivity contribution in [3.05, 3.63) is 21.9 Å². The third-order valence-electron chi connectivity index (χ3n) is 1.71. The molecular formula is C10H16O2S. The first-order valence-corrected chi connectivity index (χ1v) is 5.38. The predicted molar refractivity (Wildman–Crippen MR) is 55.1 cm³/mol. The van der Waals surface area contributed by atoms with Crippen molar-refractivity contribution < 1.29 is 9.84 Å². The van der Waals surface area contributed by atoms with Crippen molar-refractivity contribution >= 4 is 11.3 Å². The molecule has 0 fully saturated rings. The smallest absolute Gasteiger partial charge is 0.111 e. The van der Waals surface area contributed by atoms with Crippen molar-refractivity contribution in [3.63, 3.8) is 0 Å². The molecule has 1 atom stereocenters. The van der Waals surface area contributed by atoms with Crippen LogP contribution in [0, 0.1) is 6.92 Å². The molecule has 3 heteroatoms. The van der Waals surface area contributed by atoms with Crippen LogP contribution in [-0.2, 0) is 4.74 Å². The quantitative estimate of drug-likeness (QED) is 0.740. The molecule has 0 amide bonds. The summed E-state index contributed by atoms with van der Waals surface area (Å²) in [5, 5.41) is 9.65. The summed E-state index contributed by atoms with van der Waals surface area (Å²) in [5.41, 5.74) is 0. The third kappa shape index (κ3) is 3.46. The van der Waals surface area contributed by atoms with Crippen LogP contribution < -0.4 is 0 Å². The second-order valence-electron chi connectivity index (χ2n) is 3.04. The number of aliphatic hydroxyl groups excluding tert-OH is 1. The van der Waals surface area contributed by atoms with Gasteiger partial charge < -0.3 is 9.84 Å². The van der Waals surface area contributed by atoms with Gasteiger partial charge >= 0.3 is 0 Å². The molecule has 0 aliphatic carbocycles. The standard InChI is InChI=1S/C10H16O2S/c1-3-6-12-7-9(11)10-5-4-8(2)13-10/h4-5,9,11H,3,6-7H2,1-2H3. The van der Waals surface area contributed by atoms with Crippen LogP contribution in [0.15, 0.2) is 12.1 Å². The molecule has 1 N–H and O–H groups in total. The van der Waals surface area contributed by atoms with Gasteiger partial charge in [-0.05, 0) is 25.5 Å². The van der Waals surface area contributed by atoms with Crippen LogP contribution in [0.4, 0.5) is 0 Å². The Morgan fingerprint density at radius 1 is 1.54 bits per heavy atom. The lowest BCUT2D eigenvalue weighted by molar-refractivity contribution is 0.0382. The molecule has 2 nitrogen and oxygen atoms in total. The second-order valence-corrected chi connectivity index (χ2v) is 4.36. The van der Waals surface area contributed by atoms with Crippen molar-refractivity contribution in [2.24, 2.45) is 0 Å². The molecule has 0 aromatic carbocycles. The van der Waals surface area contributed by atoms with E-state index in [1.807, 2.05) is 19.1 Å². The number of hydrogen-bond acceptors (Lipinski definition) is 3. The maximum Gasteiger partial charge on any atom is 0.111 e. The van der Waals surface area contributed by atoms with Crippen LogP contribution in [0.5, 0.6) is 0 Å². The molecule has 0 radical (unpaired) electrons. The summed E-state index contributed by atoms with van der Waals surface area (Å²) >= 11 is 1.62. The fourth-order valence-corrected chi connectivity index (χ4v) is 1.90. The summed E-state index contributed by atoms with van der Waals surface area (Å²) in [6, 6.07) is 3.98. The molecule has 0 saturated heterocycles. The Balaban J connectivity index is 2.35. The van der Waals surface area contributed by atoms with Gasteiger partial charge in [-0.15, -0.1) is 11.3 Å². The van der Waals surface area contributed by atoms with E-state index in [2.05, 4.69) is 6.92 Å². The molecule has 0 saturated carbocycles. The van der Waals surface area contributed by atoms with Crippen molar-refractivity contribution in [1.29, 1.82) is 0 Å². The maximum absolute atomic E-state index is 9.65. The second kappa shape index (κ2) is 5.37. The van der Waals surface area contributed by atoms with Crippen molar-refractivity contribution in [3.8, 4) is 0 Å². The number of thiophene rings is 1. The van der Waals surface area contributed by atoms with Gasteiger partial charge in [0, 0.05) is 16.4 Å². The van der Waals surface area contributed by atoms with E-state index in [0.717, 1.165) is 17.9 Å². The van der Waals surface area contributed by atoms with Gasteiger partial charge in [0.05, 0.1) is 6.61 Å². The van der Waals surface area contributed by atoms with E-state index in [9.17, 15) is 5.11 Å². The fourth-order valence-electron chi connectivity index (χ4n) is 1.05. The summed E-state index contributed by atoms with van der Waals surface area (Å²) in [4.78, 5) is 2.22. The van der Waals surface area contributed by atoms with Gasteiger partial charge in [0.1, 0.15) is 6.10 Å². The van der Waals surface area contributed by atoms with Gasteiger partial charge in [-0.3, -0.25) is 0 Å². The lowest BCUT2D eigenvalue weighted by Crippen LogP contribution is -2.05. The van der Waals surface area contributed by atoms with E-state index < -0.39 is 6.10 Å². The fraction of sp³-hybridized carbons (Fsp3) is 0.600. The van der Waals surface area contributed by atoms with Gasteiger partial charge in [0.2, 0.25) is 0 Å². The molecular weight excluding hydrogens is 184 g/mol. The average Bonchev–Trinajstić information content (AvgIpc) is 2.52. The van der Waals surface area contributed by atoms with Gasteiger partial charge in [0.25, 0.3) is 0 Å². The molecule has 74 valence electrons. The number of rotatable bonds is 5. The lowest BCUT2D eigenvalue weighted by Gasteiger charge is -2.08. The van der Waals surface area contributed by atoms with E-state index in [1.54, 1.807) is 11.3 Å². The predicted octanol–water partition coefficient (Wildman–Crippen LogP) is 2.52. The summed E-state index contributed by atoms with van der Waals surface area (Å²) in [5.74, 6) is 0. The molecule has 13 heavy (non-hydrogen) atoms. The monoisotopic (exact) mass is 200 g/mol. The Labute approximate surface area is 83.2 Å². The maximum atomic E-state index is 9.65. The largest absolute Gasteiger partial charge is 0.385 e. The minimum absolute atomic E-state index is 0.411. The highest BCUT2D eigenvalue weighted by Crippen LogP contribution is 2.22. The Bertz CT molecular complexity index is 245. The molecule has 1 heterocycles. The Hall–Kier alpha value is -0.380. The first-order chi connectivity index (χ1) is 6.24. The van der Waals surface area contributed by atoms with Gasteiger partial charge in [-0.2, -0.15) is 0 Å². The third-order valence-corrected chi connectivity index (χ3v) is 2.82. The van der Waals surface area contributed by atoms with E-state index >= 15 is 0 Å². The SMILES string of the molecule is CCCOCC(O)c1ccc(C)s1. The van der Waals surface area contributed by atoms with Crippen molar-refractivity contribution in [2.45, 2.75) is 26.4 Å². The number of ether oxygens (including phenoxy) is 1. The molecule has 0 aliphatic heterocycles. The Morgan fingerprint density at radius 3 is 2.85 bits per heavy atom. The molecule has 0 aliphatic rings. The first kappa shape index (κ1) is 10.7. The van der Waals surface area contributed by atoms with Gasteiger partial charge in [-0.25, -0.2) is 0 Å². The zero-order valence-corrected chi connectivity index (χ0v) is 8.93. The van der Waals surface area contributed by atoms with Crippen LogP contribution in [0.25, 0.3) is 0 Å². The lowest BCUT2D eigenvalue weighted by atomic mass is 10.3. The van der Waals surface area contributed by atoms with Gasteiger partial charge in [0.15, 0.2) is 0 Å². The van der Waals surface area contributed by atoms with Gasteiger partial charge in [-0.1, -0.05) is 6.92 Å². The van der Waals surface area contributed by atoms with Crippen LogP contribution >= 0.6 is 11.3 Å². The molecule has 1 aromatic rings. The Kier molecular flexibility index (Phi) is 4.42. The molecule has 0 bridgehead atoms. The minimum Gasteiger partial charge on any atom is -0.385 e. The zero-order chi connectivity index (χ0) is 9.68. The van der Waals surface area contributed by atoms with E-state index in [0.29, 0.717) is 6.61 Å². The highest BCUT2D eigenvalue weighted by Gasteiger charge is 2.08. The van der Waals surface area contributed by atoms with E-state index in [-0.39, 0.29) is 0 Å². The average molecular weight is 200 g/mol. The Morgan fingerprint density at radius 2 is 2.31 bits per heavy atom. The number of aliphatic hydroxyl groups is 1. The first-order valence-electron chi connectivity index (χ1n) is 4.56. The van der Waals surface area contributed by atoms with Crippen molar-refractivity contribution in [1.82, 2.24) is 0 Å². The van der Waals surface area contributed by atoms with Crippen LogP contribution in [0.1, 0.15) is 29.2 Å². The molecule has 1 rings (SSSR count). The van der Waals surface area contributed by atoms with E-state index in [1.165, 1.54) is 4.88 Å². The normalized spacial score (nSPS) is 13.2. The highest BCUT2D eigenvalue weighted by atomic mass is 32.1. The zero-order valence-electron chi connectivity index (χ0n) is 8.12. The minimum atomic E-state index is -0.453. The van der Waals surface area contributed by atoms with Crippen LogP contribution in [0.3, 0.4) is 0 Å². The summed E-state index contributed by atoms with van der Waals surface area (Å²) < 4.78 is 5.26. The summed E-state index contributed by atoms with van der Waals surface area (Å²) in [7, 11) is 0. The summed E-state index contributed by atoms with van der Waals surface area (Å²) in [6.45, 7) is 5.23. The van der Waals surface area contributed by atoms with E-state index in [4.69, 9.17) is 4.74 Å². The molecule has 1 unspecified atom stereocenters. The van der Waals surface area contributed by atoms with Crippen LogP contribution in [-0.4, -0.2) is 18.3 Å². The summed E-state index contributed by atoms with van der Waals surface area (Å²) in [6.07, 6.45) is 0.543. The topological polar surface area (TPSA) is 29.5 Å². The van der Waals surface area contributed by atoms with Crippen molar-refractivity contribution in [2.75, 3.05) is 13.2 Å². The number of aryl methyl sites for hydroxylation is 1. The highest BCUT2D eigenvalue weighted by molar-refractivity contribution is 7.12.